The smallest absolute Gasteiger partial charge is 0.264 e. The van der Waals surface area contributed by atoms with E-state index < -0.39 is 0 Å². The van der Waals surface area contributed by atoms with E-state index >= 15 is 0 Å². The first-order valence-electron chi connectivity index (χ1n) is 7.22. The highest BCUT2D eigenvalue weighted by atomic mass is 32.1. The number of hydrogen-bond donors (Lipinski definition) is 2. The van der Waals surface area contributed by atoms with E-state index in [1.807, 2.05) is 0 Å². The Balaban J connectivity index is 1.78. The molecule has 2 N–H and O–H groups in total. The van der Waals surface area contributed by atoms with E-state index in [4.69, 9.17) is 4.74 Å². The van der Waals surface area contributed by atoms with Gasteiger partial charge in [0.25, 0.3) is 5.91 Å². The number of phenolic OH excluding ortho intramolecular Hbond substituents is 1. The quantitative estimate of drug-likeness (QED) is 0.730. The highest BCUT2D eigenvalue weighted by Gasteiger charge is 2.10. The number of benzene rings is 1. The lowest BCUT2D eigenvalue weighted by Gasteiger charge is -2.06. The van der Waals surface area contributed by atoms with Gasteiger partial charge < -0.3 is 9.84 Å². The van der Waals surface area contributed by atoms with Gasteiger partial charge >= 0.3 is 0 Å². The maximum atomic E-state index is 11.8. The van der Waals surface area contributed by atoms with Crippen molar-refractivity contribution >= 4 is 22.4 Å². The van der Waals surface area contributed by atoms with Gasteiger partial charge in [-0.2, -0.15) is 0 Å². The van der Waals surface area contributed by atoms with Crippen molar-refractivity contribution in [2.24, 2.45) is 0 Å². The molecule has 0 atom stereocenters. The first-order valence-corrected chi connectivity index (χ1v) is 8.03. The summed E-state index contributed by atoms with van der Waals surface area (Å²) in [6, 6.07) is 6.50. The van der Waals surface area contributed by atoms with E-state index in [0.717, 1.165) is 30.7 Å². The van der Waals surface area contributed by atoms with Crippen LogP contribution in [0.25, 0.3) is 0 Å². The molecule has 1 aromatic heterocycles. The van der Waals surface area contributed by atoms with Crippen LogP contribution in [0.2, 0.25) is 0 Å². The number of para-hydroxylation sites is 2. The molecule has 0 aliphatic rings. The number of unbranched alkanes of at least 4 members (excludes halogenated alkanes) is 2. The molecule has 0 bridgehead atoms. The van der Waals surface area contributed by atoms with Gasteiger partial charge in [0.1, 0.15) is 5.01 Å². The predicted octanol–water partition coefficient (Wildman–Crippen LogP) is 2.99. The SMILES string of the molecule is CCCCCc1nnc(NC(=O)COc2ccccc2O)s1. The Hall–Kier alpha value is -2.15. The van der Waals surface area contributed by atoms with Crippen molar-refractivity contribution in [3.63, 3.8) is 0 Å². The van der Waals surface area contributed by atoms with Crippen LogP contribution < -0.4 is 10.1 Å². The number of anilines is 1. The Morgan fingerprint density at radius 1 is 1.32 bits per heavy atom. The molecule has 0 unspecified atom stereocenters. The molecule has 0 aliphatic heterocycles. The van der Waals surface area contributed by atoms with E-state index in [0.29, 0.717) is 5.13 Å². The molecule has 7 heteroatoms. The fourth-order valence-corrected chi connectivity index (χ4v) is 2.61. The van der Waals surface area contributed by atoms with Crippen molar-refractivity contribution < 1.29 is 14.6 Å². The summed E-state index contributed by atoms with van der Waals surface area (Å²) in [6.45, 7) is 1.96. The maximum Gasteiger partial charge on any atom is 0.264 e. The molecule has 1 heterocycles. The molecule has 6 nitrogen and oxygen atoms in total. The summed E-state index contributed by atoms with van der Waals surface area (Å²) < 4.78 is 5.25. The van der Waals surface area contributed by atoms with Gasteiger partial charge in [-0.15, -0.1) is 10.2 Å². The number of phenols is 1. The Morgan fingerprint density at radius 2 is 2.14 bits per heavy atom. The molecular formula is C15H19N3O3S. The average molecular weight is 321 g/mol. The van der Waals surface area contributed by atoms with Gasteiger partial charge in [-0.25, -0.2) is 0 Å². The molecule has 2 aromatic rings. The van der Waals surface area contributed by atoms with E-state index in [-0.39, 0.29) is 24.0 Å². The van der Waals surface area contributed by atoms with E-state index in [2.05, 4.69) is 22.4 Å². The van der Waals surface area contributed by atoms with E-state index in [1.165, 1.54) is 17.4 Å². The molecule has 0 fully saturated rings. The van der Waals surface area contributed by atoms with Gasteiger partial charge in [-0.05, 0) is 18.6 Å². The van der Waals surface area contributed by atoms with Crippen LogP contribution in [0, 0.1) is 0 Å². The molecule has 1 amide bonds. The van der Waals surface area contributed by atoms with Gasteiger partial charge in [0.15, 0.2) is 18.1 Å². The first-order chi connectivity index (χ1) is 10.7. The fraction of sp³-hybridized carbons (Fsp3) is 0.400. The number of aromatic nitrogens is 2. The van der Waals surface area contributed by atoms with Crippen molar-refractivity contribution in [3.8, 4) is 11.5 Å². The lowest BCUT2D eigenvalue weighted by molar-refractivity contribution is -0.118. The minimum Gasteiger partial charge on any atom is -0.504 e. The number of nitrogens with one attached hydrogen (secondary N) is 1. The summed E-state index contributed by atoms with van der Waals surface area (Å²) in [7, 11) is 0. The minimum absolute atomic E-state index is 0.00410. The number of aromatic hydroxyl groups is 1. The monoisotopic (exact) mass is 321 g/mol. The number of hydrogen-bond acceptors (Lipinski definition) is 6. The van der Waals surface area contributed by atoms with Crippen LogP contribution in [-0.4, -0.2) is 27.8 Å². The van der Waals surface area contributed by atoms with Crippen molar-refractivity contribution in [2.45, 2.75) is 32.6 Å². The van der Waals surface area contributed by atoms with E-state index in [9.17, 15) is 9.90 Å². The van der Waals surface area contributed by atoms with E-state index in [1.54, 1.807) is 18.2 Å². The molecule has 0 aliphatic carbocycles. The Bertz CT molecular complexity index is 616. The largest absolute Gasteiger partial charge is 0.504 e. The summed E-state index contributed by atoms with van der Waals surface area (Å²) in [4.78, 5) is 11.8. The van der Waals surface area contributed by atoms with Crippen LogP contribution in [0.15, 0.2) is 24.3 Å². The van der Waals surface area contributed by atoms with Crippen LogP contribution in [0.1, 0.15) is 31.2 Å². The van der Waals surface area contributed by atoms with Crippen molar-refractivity contribution in [3.05, 3.63) is 29.3 Å². The third-order valence-electron chi connectivity index (χ3n) is 2.93. The summed E-state index contributed by atoms with van der Waals surface area (Å²) in [6.07, 6.45) is 4.28. The van der Waals surface area contributed by atoms with Crippen molar-refractivity contribution in [1.82, 2.24) is 10.2 Å². The van der Waals surface area contributed by atoms with Crippen LogP contribution in [0.5, 0.6) is 11.5 Å². The van der Waals surface area contributed by atoms with Gasteiger partial charge in [0.05, 0.1) is 0 Å². The number of aryl methyl sites for hydroxylation is 1. The standard InChI is InChI=1S/C15H19N3O3S/c1-2-3-4-9-14-17-18-15(22-14)16-13(20)10-21-12-8-6-5-7-11(12)19/h5-8,19H,2-4,9-10H2,1H3,(H,16,18,20). The van der Waals surface area contributed by atoms with Crippen molar-refractivity contribution in [2.75, 3.05) is 11.9 Å². The van der Waals surface area contributed by atoms with Crippen LogP contribution in [-0.2, 0) is 11.2 Å². The zero-order valence-corrected chi connectivity index (χ0v) is 13.2. The molecule has 118 valence electrons. The number of rotatable bonds is 8. The van der Waals surface area contributed by atoms with Crippen LogP contribution in [0.3, 0.4) is 0 Å². The summed E-state index contributed by atoms with van der Waals surface area (Å²) >= 11 is 1.38. The number of nitrogens with zero attached hydrogens (tertiary/aromatic N) is 2. The number of carbonyl (C=O) groups is 1. The summed E-state index contributed by atoms with van der Waals surface area (Å²) in [5.74, 6) is -0.0564. The van der Waals surface area contributed by atoms with Gasteiger partial charge in [0.2, 0.25) is 5.13 Å². The van der Waals surface area contributed by atoms with Crippen LogP contribution >= 0.6 is 11.3 Å². The lowest BCUT2D eigenvalue weighted by Crippen LogP contribution is -2.20. The third kappa shape index (κ3) is 5.00. The normalized spacial score (nSPS) is 10.4. The Kier molecular flexibility index (Phi) is 6.14. The predicted molar refractivity (Wildman–Crippen MR) is 85.4 cm³/mol. The number of amides is 1. The minimum atomic E-state index is -0.334. The highest BCUT2D eigenvalue weighted by molar-refractivity contribution is 7.15. The van der Waals surface area contributed by atoms with Gasteiger partial charge in [0, 0.05) is 6.42 Å². The van der Waals surface area contributed by atoms with Gasteiger partial charge in [-0.3, -0.25) is 10.1 Å². The Labute approximate surface area is 133 Å². The molecule has 1 aromatic carbocycles. The molecule has 22 heavy (non-hydrogen) atoms. The van der Waals surface area contributed by atoms with Crippen LogP contribution in [0.4, 0.5) is 5.13 Å². The molecule has 0 saturated heterocycles. The zero-order chi connectivity index (χ0) is 15.8. The number of ether oxygens (including phenoxy) is 1. The average Bonchev–Trinajstić information content (AvgIpc) is 2.94. The fourth-order valence-electron chi connectivity index (χ4n) is 1.81. The molecule has 0 radical (unpaired) electrons. The topological polar surface area (TPSA) is 84.3 Å². The zero-order valence-electron chi connectivity index (χ0n) is 12.4. The second-order valence-corrected chi connectivity index (χ2v) is 5.82. The third-order valence-corrected chi connectivity index (χ3v) is 3.83. The van der Waals surface area contributed by atoms with Gasteiger partial charge in [-0.1, -0.05) is 43.2 Å². The molecule has 0 spiro atoms. The first kappa shape index (κ1) is 16.2. The van der Waals surface area contributed by atoms with Crippen molar-refractivity contribution in [1.29, 1.82) is 0 Å². The molecular weight excluding hydrogens is 302 g/mol. The summed E-state index contributed by atoms with van der Waals surface area (Å²) in [5, 5.41) is 21.6. The summed E-state index contributed by atoms with van der Waals surface area (Å²) in [5.41, 5.74) is 0. The number of carbonyl (C=O) groups excluding carboxylic acids is 1. The maximum absolute atomic E-state index is 11.8. The molecule has 2 rings (SSSR count). The lowest BCUT2D eigenvalue weighted by atomic mass is 10.2. The highest BCUT2D eigenvalue weighted by Crippen LogP contribution is 2.24. The molecule has 0 saturated carbocycles. The Morgan fingerprint density at radius 3 is 2.91 bits per heavy atom. The second-order valence-electron chi connectivity index (χ2n) is 4.76. The second kappa shape index (κ2) is 8.33.